The number of carboxylic acids is 1. The number of halogens is 6. The Labute approximate surface area is 222 Å². The van der Waals surface area contributed by atoms with E-state index in [0.717, 1.165) is 11.1 Å². The van der Waals surface area contributed by atoms with Gasteiger partial charge < -0.3 is 14.6 Å². The fourth-order valence-corrected chi connectivity index (χ4v) is 4.07. The van der Waals surface area contributed by atoms with Crippen LogP contribution < -0.4 is 9.47 Å². The lowest BCUT2D eigenvalue weighted by Gasteiger charge is -2.23. The number of rotatable bonds is 11. The van der Waals surface area contributed by atoms with Crippen molar-refractivity contribution in [3.8, 4) is 22.6 Å². The molecule has 39 heavy (non-hydrogen) atoms. The van der Waals surface area contributed by atoms with Crippen LogP contribution in [0.5, 0.6) is 11.5 Å². The number of aryl methyl sites for hydroxylation is 2. The van der Waals surface area contributed by atoms with Gasteiger partial charge in [0, 0.05) is 18.4 Å². The van der Waals surface area contributed by atoms with Crippen molar-refractivity contribution in [3.05, 3.63) is 82.9 Å². The van der Waals surface area contributed by atoms with Crippen LogP contribution in [0.4, 0.5) is 26.3 Å². The highest BCUT2D eigenvalue weighted by molar-refractivity contribution is 5.74. The second-order valence-corrected chi connectivity index (χ2v) is 9.01. The summed E-state index contributed by atoms with van der Waals surface area (Å²) in [5, 5.41) is 8.91. The third-order valence-electron chi connectivity index (χ3n) is 6.09. The fraction of sp³-hybridized carbons (Fsp3) is 0.345. The van der Waals surface area contributed by atoms with Gasteiger partial charge in [-0.25, -0.2) is 0 Å². The molecular weight excluding hydrogens is 526 g/mol. The Kier molecular flexibility index (Phi) is 9.53. The van der Waals surface area contributed by atoms with Gasteiger partial charge in [0.1, 0.15) is 11.5 Å². The molecule has 10 heteroatoms. The van der Waals surface area contributed by atoms with E-state index < -0.39 is 41.3 Å². The normalized spacial score (nSPS) is 12.7. The molecule has 0 bridgehead atoms. The highest BCUT2D eigenvalue weighted by atomic mass is 19.4. The standard InChI is InChI=1S/C29H28F6O4/c1-3-19-15-23(11-9-20(19)10-12-26(36)37)38-14-13-18(2)39-27-24(21-7-5-4-6-8-21)16-22(28(30,31)32)17-25(27)29(33,34)35/h4-9,11,15-18H,3,10,12-14H2,1-2H3,(H,36,37). The maximum atomic E-state index is 13.9. The second-order valence-electron chi connectivity index (χ2n) is 9.01. The van der Waals surface area contributed by atoms with Crippen LogP contribution >= 0.6 is 0 Å². The molecule has 0 amide bonds. The van der Waals surface area contributed by atoms with E-state index in [-0.39, 0.29) is 36.6 Å². The number of ether oxygens (including phenoxy) is 2. The highest BCUT2D eigenvalue weighted by Gasteiger charge is 2.41. The lowest BCUT2D eigenvalue weighted by atomic mass is 9.97. The lowest BCUT2D eigenvalue weighted by Crippen LogP contribution is -2.20. The van der Waals surface area contributed by atoms with Gasteiger partial charge in [0.05, 0.1) is 23.8 Å². The van der Waals surface area contributed by atoms with Crippen molar-refractivity contribution >= 4 is 5.97 Å². The minimum atomic E-state index is -5.09. The molecular formula is C29H28F6O4. The quantitative estimate of drug-likeness (QED) is 0.243. The zero-order valence-corrected chi connectivity index (χ0v) is 21.3. The largest absolute Gasteiger partial charge is 0.493 e. The molecule has 0 spiro atoms. The number of carbonyl (C=O) groups is 1. The van der Waals surface area contributed by atoms with Gasteiger partial charge in [0.2, 0.25) is 0 Å². The van der Waals surface area contributed by atoms with Crippen molar-refractivity contribution in [2.24, 2.45) is 0 Å². The lowest BCUT2D eigenvalue weighted by molar-refractivity contribution is -0.144. The number of aliphatic carboxylic acids is 1. The Morgan fingerprint density at radius 1 is 0.923 bits per heavy atom. The average molecular weight is 555 g/mol. The summed E-state index contributed by atoms with van der Waals surface area (Å²) in [5.74, 6) is -1.07. The summed E-state index contributed by atoms with van der Waals surface area (Å²) in [5.41, 5.74) is -1.27. The van der Waals surface area contributed by atoms with Gasteiger partial charge in [0.25, 0.3) is 0 Å². The van der Waals surface area contributed by atoms with E-state index in [1.807, 2.05) is 6.92 Å². The van der Waals surface area contributed by atoms with E-state index in [1.165, 1.54) is 31.2 Å². The van der Waals surface area contributed by atoms with Crippen LogP contribution in [-0.4, -0.2) is 23.8 Å². The van der Waals surface area contributed by atoms with Crippen LogP contribution in [0.3, 0.4) is 0 Å². The van der Waals surface area contributed by atoms with Crippen molar-refractivity contribution < 1.29 is 45.7 Å². The third-order valence-corrected chi connectivity index (χ3v) is 6.09. The monoisotopic (exact) mass is 554 g/mol. The fourth-order valence-electron chi connectivity index (χ4n) is 4.07. The summed E-state index contributed by atoms with van der Waals surface area (Å²) in [6.07, 6.45) is -9.72. The van der Waals surface area contributed by atoms with E-state index >= 15 is 0 Å². The zero-order chi connectivity index (χ0) is 28.8. The first-order chi connectivity index (χ1) is 18.3. The summed E-state index contributed by atoms with van der Waals surface area (Å²) in [7, 11) is 0. The van der Waals surface area contributed by atoms with Gasteiger partial charge in [-0.2, -0.15) is 26.3 Å². The smallest absolute Gasteiger partial charge is 0.420 e. The Morgan fingerprint density at radius 2 is 1.62 bits per heavy atom. The predicted octanol–water partition coefficient (Wildman–Crippen LogP) is 8.21. The van der Waals surface area contributed by atoms with E-state index in [0.29, 0.717) is 24.7 Å². The first kappa shape index (κ1) is 29.9. The number of hydrogen-bond donors (Lipinski definition) is 1. The van der Waals surface area contributed by atoms with Crippen LogP contribution in [0.2, 0.25) is 0 Å². The predicted molar refractivity (Wildman–Crippen MR) is 134 cm³/mol. The molecule has 0 saturated carbocycles. The molecule has 210 valence electrons. The molecule has 1 unspecified atom stereocenters. The third kappa shape index (κ3) is 8.15. The number of carboxylic acid groups (broad SMARTS) is 1. The summed E-state index contributed by atoms with van der Waals surface area (Å²) in [6.45, 7) is 3.51. The number of benzene rings is 3. The molecule has 0 aliphatic rings. The molecule has 0 fully saturated rings. The molecule has 0 saturated heterocycles. The summed E-state index contributed by atoms with van der Waals surface area (Å²) >= 11 is 0. The molecule has 1 N–H and O–H groups in total. The van der Waals surface area contributed by atoms with Gasteiger partial charge in [0.15, 0.2) is 0 Å². The van der Waals surface area contributed by atoms with Gasteiger partial charge in [-0.05, 0) is 60.7 Å². The van der Waals surface area contributed by atoms with E-state index in [1.54, 1.807) is 24.3 Å². The second kappa shape index (κ2) is 12.4. The van der Waals surface area contributed by atoms with Crippen LogP contribution in [0.25, 0.3) is 11.1 Å². The van der Waals surface area contributed by atoms with Crippen molar-refractivity contribution in [3.63, 3.8) is 0 Å². The summed E-state index contributed by atoms with van der Waals surface area (Å²) in [6, 6.07) is 13.5. The van der Waals surface area contributed by atoms with E-state index in [9.17, 15) is 31.1 Å². The number of hydrogen-bond acceptors (Lipinski definition) is 3. The topological polar surface area (TPSA) is 55.8 Å². The van der Waals surface area contributed by atoms with Gasteiger partial charge in [-0.3, -0.25) is 4.79 Å². The molecule has 0 aliphatic carbocycles. The summed E-state index contributed by atoms with van der Waals surface area (Å²) < 4.78 is 93.6. The van der Waals surface area contributed by atoms with Gasteiger partial charge in [-0.1, -0.05) is 43.3 Å². The van der Waals surface area contributed by atoms with Crippen LogP contribution in [0.15, 0.2) is 60.7 Å². The maximum absolute atomic E-state index is 13.9. The van der Waals surface area contributed by atoms with Crippen molar-refractivity contribution in [1.29, 1.82) is 0 Å². The zero-order valence-electron chi connectivity index (χ0n) is 21.3. The minimum absolute atomic E-state index is 0.00308. The van der Waals surface area contributed by atoms with Crippen molar-refractivity contribution in [1.82, 2.24) is 0 Å². The van der Waals surface area contributed by atoms with Gasteiger partial charge in [-0.15, -0.1) is 0 Å². The van der Waals surface area contributed by atoms with Gasteiger partial charge >= 0.3 is 18.3 Å². The molecule has 0 aliphatic heterocycles. The Morgan fingerprint density at radius 3 is 2.21 bits per heavy atom. The van der Waals surface area contributed by atoms with E-state index in [2.05, 4.69) is 0 Å². The first-order valence-corrected chi connectivity index (χ1v) is 12.3. The molecule has 3 rings (SSSR count). The minimum Gasteiger partial charge on any atom is -0.493 e. The van der Waals surface area contributed by atoms with Crippen LogP contribution in [-0.2, 0) is 30.0 Å². The Balaban J connectivity index is 1.81. The first-order valence-electron chi connectivity index (χ1n) is 12.3. The van der Waals surface area contributed by atoms with Crippen molar-refractivity contribution in [2.45, 2.75) is 58.0 Å². The summed E-state index contributed by atoms with van der Waals surface area (Å²) in [4.78, 5) is 10.9. The highest BCUT2D eigenvalue weighted by Crippen LogP contribution is 2.46. The molecule has 1 atom stereocenters. The average Bonchev–Trinajstić information content (AvgIpc) is 2.87. The van der Waals surface area contributed by atoms with E-state index in [4.69, 9.17) is 14.6 Å². The molecule has 0 heterocycles. The van der Waals surface area contributed by atoms with Crippen LogP contribution in [0, 0.1) is 0 Å². The Hall–Kier alpha value is -3.69. The number of alkyl halides is 6. The molecule has 3 aromatic carbocycles. The molecule has 0 radical (unpaired) electrons. The van der Waals surface area contributed by atoms with Crippen molar-refractivity contribution in [2.75, 3.05) is 6.61 Å². The molecule has 3 aromatic rings. The SMILES string of the molecule is CCc1cc(OCCC(C)Oc2c(-c3ccccc3)cc(C(F)(F)F)cc2C(F)(F)F)ccc1CCC(=O)O. The molecule has 4 nitrogen and oxygen atoms in total. The molecule has 0 aromatic heterocycles. The van der Waals surface area contributed by atoms with Crippen LogP contribution in [0.1, 0.15) is 48.9 Å². The maximum Gasteiger partial charge on any atom is 0.420 e. The Bertz CT molecular complexity index is 1270.